The molecule has 5 heteroatoms. The number of aromatic nitrogens is 2. The second kappa shape index (κ2) is 6.42. The third-order valence-corrected chi connectivity index (χ3v) is 3.48. The third-order valence-electron chi connectivity index (χ3n) is 2.77. The highest BCUT2D eigenvalue weighted by Gasteiger charge is 2.07. The number of hydrogen-bond donors (Lipinski definition) is 1. The smallest absolute Gasteiger partial charge is 0.0762 e. The molecule has 102 valence electrons. The number of halogens is 2. The lowest BCUT2D eigenvalue weighted by molar-refractivity contribution is 0.570. The van der Waals surface area contributed by atoms with E-state index in [1.165, 1.54) is 0 Å². The van der Waals surface area contributed by atoms with Crippen LogP contribution in [0.15, 0.2) is 30.5 Å². The second-order valence-electron chi connectivity index (χ2n) is 4.74. The molecule has 3 nitrogen and oxygen atoms in total. The molecule has 0 radical (unpaired) electrons. The van der Waals surface area contributed by atoms with E-state index >= 15 is 0 Å². The van der Waals surface area contributed by atoms with Crippen LogP contribution in [-0.2, 0) is 13.1 Å². The van der Waals surface area contributed by atoms with Gasteiger partial charge in [0.1, 0.15) is 0 Å². The van der Waals surface area contributed by atoms with Gasteiger partial charge in [-0.2, -0.15) is 5.10 Å². The molecular formula is C14H17Cl2N3. The van der Waals surface area contributed by atoms with Gasteiger partial charge in [-0.25, -0.2) is 0 Å². The summed E-state index contributed by atoms with van der Waals surface area (Å²) in [6.07, 6.45) is 1.94. The molecule has 0 aliphatic carbocycles. The first-order valence-corrected chi connectivity index (χ1v) is 7.00. The van der Waals surface area contributed by atoms with Crippen molar-refractivity contribution in [2.75, 3.05) is 0 Å². The fourth-order valence-electron chi connectivity index (χ4n) is 1.74. The van der Waals surface area contributed by atoms with Gasteiger partial charge in [0.15, 0.2) is 0 Å². The van der Waals surface area contributed by atoms with Crippen molar-refractivity contribution in [2.45, 2.75) is 33.0 Å². The fourth-order valence-corrected chi connectivity index (χ4v) is 2.26. The van der Waals surface area contributed by atoms with E-state index in [4.69, 9.17) is 23.2 Å². The number of nitrogens with one attached hydrogen (secondary N) is 1. The van der Waals surface area contributed by atoms with Crippen LogP contribution in [0.4, 0.5) is 0 Å². The van der Waals surface area contributed by atoms with Crippen LogP contribution in [-0.4, -0.2) is 15.8 Å². The first-order chi connectivity index (χ1) is 9.06. The predicted molar refractivity (Wildman–Crippen MR) is 79.8 cm³/mol. The monoisotopic (exact) mass is 297 g/mol. The molecule has 0 bridgehead atoms. The number of rotatable bonds is 5. The minimum atomic E-state index is 0.447. The Labute approximate surface area is 123 Å². The summed E-state index contributed by atoms with van der Waals surface area (Å²) in [5, 5.41) is 9.17. The van der Waals surface area contributed by atoms with Crippen LogP contribution in [0.3, 0.4) is 0 Å². The summed E-state index contributed by atoms with van der Waals surface area (Å²) in [6.45, 7) is 5.57. The van der Waals surface area contributed by atoms with Crippen LogP contribution in [0.25, 0.3) is 0 Å². The van der Waals surface area contributed by atoms with Gasteiger partial charge < -0.3 is 5.32 Å². The average Bonchev–Trinajstić information content (AvgIpc) is 2.79. The molecule has 2 aromatic rings. The highest BCUT2D eigenvalue weighted by molar-refractivity contribution is 6.35. The summed E-state index contributed by atoms with van der Waals surface area (Å²) < 4.78 is 1.85. The van der Waals surface area contributed by atoms with Gasteiger partial charge in [-0.3, -0.25) is 4.68 Å². The molecule has 2 rings (SSSR count). The Kier molecular flexibility index (Phi) is 4.86. The molecule has 0 fully saturated rings. The van der Waals surface area contributed by atoms with E-state index in [-0.39, 0.29) is 0 Å². The van der Waals surface area contributed by atoms with E-state index in [1.54, 1.807) is 0 Å². The van der Waals surface area contributed by atoms with E-state index in [1.807, 2.05) is 35.1 Å². The van der Waals surface area contributed by atoms with Crippen molar-refractivity contribution in [1.29, 1.82) is 0 Å². The van der Waals surface area contributed by atoms with Crippen molar-refractivity contribution >= 4 is 23.2 Å². The van der Waals surface area contributed by atoms with Gasteiger partial charge in [-0.05, 0) is 18.2 Å². The van der Waals surface area contributed by atoms with Crippen LogP contribution >= 0.6 is 23.2 Å². The molecule has 0 spiro atoms. The van der Waals surface area contributed by atoms with E-state index in [0.29, 0.717) is 22.6 Å². The lowest BCUT2D eigenvalue weighted by Gasteiger charge is -2.07. The summed E-state index contributed by atoms with van der Waals surface area (Å²) >= 11 is 12.3. The Bertz CT molecular complexity index is 529. The van der Waals surface area contributed by atoms with E-state index < -0.39 is 0 Å². The van der Waals surface area contributed by atoms with Gasteiger partial charge in [0, 0.05) is 34.4 Å². The summed E-state index contributed by atoms with van der Waals surface area (Å²) in [5.41, 5.74) is 1.91. The number of nitrogens with zero attached hydrogens (tertiary/aromatic N) is 2. The Balaban J connectivity index is 2.07. The van der Waals surface area contributed by atoms with Gasteiger partial charge in [0.25, 0.3) is 0 Å². The average molecular weight is 298 g/mol. The normalized spacial score (nSPS) is 11.2. The van der Waals surface area contributed by atoms with Gasteiger partial charge in [0.2, 0.25) is 0 Å². The SMILES string of the molecule is CC(C)NCc1ccn(Cc2c(Cl)cccc2Cl)n1. The van der Waals surface area contributed by atoms with Crippen LogP contribution < -0.4 is 5.32 Å². The molecule has 1 aromatic heterocycles. The molecule has 1 N–H and O–H groups in total. The lowest BCUT2D eigenvalue weighted by atomic mass is 10.2. The maximum absolute atomic E-state index is 6.15. The zero-order valence-corrected chi connectivity index (χ0v) is 12.5. The van der Waals surface area contributed by atoms with Gasteiger partial charge in [-0.1, -0.05) is 43.1 Å². The summed E-state index contributed by atoms with van der Waals surface area (Å²) in [5.74, 6) is 0. The summed E-state index contributed by atoms with van der Waals surface area (Å²) in [4.78, 5) is 0. The maximum Gasteiger partial charge on any atom is 0.0762 e. The molecule has 0 amide bonds. The van der Waals surface area contributed by atoms with Crippen molar-refractivity contribution in [2.24, 2.45) is 0 Å². The first kappa shape index (κ1) is 14.4. The Morgan fingerprint density at radius 3 is 2.53 bits per heavy atom. The topological polar surface area (TPSA) is 29.9 Å². The Hall–Kier alpha value is -1.03. The quantitative estimate of drug-likeness (QED) is 0.911. The standard InChI is InChI=1S/C14H17Cl2N3/c1-10(2)17-8-11-6-7-19(18-11)9-12-13(15)4-3-5-14(12)16/h3-7,10,17H,8-9H2,1-2H3. The Morgan fingerprint density at radius 1 is 1.21 bits per heavy atom. The molecule has 0 atom stereocenters. The molecule has 0 unspecified atom stereocenters. The summed E-state index contributed by atoms with van der Waals surface area (Å²) in [7, 11) is 0. The van der Waals surface area contributed by atoms with Gasteiger partial charge >= 0.3 is 0 Å². The minimum Gasteiger partial charge on any atom is -0.309 e. The second-order valence-corrected chi connectivity index (χ2v) is 5.55. The fraction of sp³-hybridized carbons (Fsp3) is 0.357. The van der Waals surface area contributed by atoms with Crippen molar-refractivity contribution in [3.05, 3.63) is 51.8 Å². The highest BCUT2D eigenvalue weighted by Crippen LogP contribution is 2.24. The van der Waals surface area contributed by atoms with Gasteiger partial charge in [-0.15, -0.1) is 0 Å². The molecule has 1 heterocycles. The highest BCUT2D eigenvalue weighted by atomic mass is 35.5. The minimum absolute atomic E-state index is 0.447. The first-order valence-electron chi connectivity index (χ1n) is 6.25. The van der Waals surface area contributed by atoms with E-state index in [9.17, 15) is 0 Å². The van der Waals surface area contributed by atoms with Crippen LogP contribution in [0.5, 0.6) is 0 Å². The zero-order valence-electron chi connectivity index (χ0n) is 11.0. The van der Waals surface area contributed by atoms with Crippen molar-refractivity contribution < 1.29 is 0 Å². The van der Waals surface area contributed by atoms with Crippen molar-refractivity contribution in [1.82, 2.24) is 15.1 Å². The molecule has 1 aromatic carbocycles. The van der Waals surface area contributed by atoms with E-state index in [2.05, 4.69) is 24.3 Å². The maximum atomic E-state index is 6.15. The van der Waals surface area contributed by atoms with Gasteiger partial charge in [0.05, 0.1) is 12.2 Å². The van der Waals surface area contributed by atoms with Crippen LogP contribution in [0, 0.1) is 0 Å². The summed E-state index contributed by atoms with van der Waals surface area (Å²) in [6, 6.07) is 7.97. The van der Waals surface area contributed by atoms with Crippen LogP contribution in [0.2, 0.25) is 10.0 Å². The molecule has 0 saturated carbocycles. The predicted octanol–water partition coefficient (Wildman–Crippen LogP) is 3.74. The van der Waals surface area contributed by atoms with E-state index in [0.717, 1.165) is 17.8 Å². The molecule has 0 aliphatic heterocycles. The van der Waals surface area contributed by atoms with Crippen LogP contribution in [0.1, 0.15) is 25.1 Å². The molecular weight excluding hydrogens is 281 g/mol. The van der Waals surface area contributed by atoms with Crippen molar-refractivity contribution in [3.8, 4) is 0 Å². The largest absolute Gasteiger partial charge is 0.309 e. The lowest BCUT2D eigenvalue weighted by Crippen LogP contribution is -2.22. The molecule has 0 aliphatic rings. The Morgan fingerprint density at radius 2 is 1.89 bits per heavy atom. The molecule has 0 saturated heterocycles. The number of benzene rings is 1. The number of hydrogen-bond acceptors (Lipinski definition) is 2. The third kappa shape index (κ3) is 3.96. The zero-order chi connectivity index (χ0) is 13.8. The molecule has 19 heavy (non-hydrogen) atoms. The van der Waals surface area contributed by atoms with Crippen molar-refractivity contribution in [3.63, 3.8) is 0 Å².